The van der Waals surface area contributed by atoms with Crippen LogP contribution in [0.2, 0.25) is 0 Å². The number of nitrogens with zero attached hydrogens (tertiary/aromatic N) is 1. The highest BCUT2D eigenvalue weighted by Crippen LogP contribution is 2.15. The van der Waals surface area contributed by atoms with Gasteiger partial charge in [-0.1, -0.05) is 6.92 Å². The van der Waals surface area contributed by atoms with Gasteiger partial charge in [0.25, 0.3) is 0 Å². The van der Waals surface area contributed by atoms with Crippen LogP contribution in [0, 0.1) is 5.92 Å². The highest BCUT2D eigenvalue weighted by Gasteiger charge is 2.27. The number of nitrogens with one attached hydrogen (secondary N) is 1. The van der Waals surface area contributed by atoms with E-state index in [1.165, 1.54) is 0 Å². The van der Waals surface area contributed by atoms with Crippen molar-refractivity contribution in [2.45, 2.75) is 32.7 Å². The van der Waals surface area contributed by atoms with E-state index in [9.17, 15) is 9.59 Å². The molecule has 5 heteroatoms. The first-order valence-electron chi connectivity index (χ1n) is 5.32. The molecule has 1 amide bonds. The number of piperidine rings is 1. The zero-order valence-corrected chi connectivity index (χ0v) is 9.32. The van der Waals surface area contributed by atoms with Gasteiger partial charge in [0.05, 0.1) is 5.92 Å². The Morgan fingerprint density at radius 3 is 2.40 bits per heavy atom. The molecule has 1 aliphatic rings. The van der Waals surface area contributed by atoms with Crippen LogP contribution in [0.3, 0.4) is 0 Å². The van der Waals surface area contributed by atoms with Crippen molar-refractivity contribution in [2.24, 2.45) is 11.8 Å². The molecule has 0 aromatic carbocycles. The third-order valence-corrected chi connectivity index (χ3v) is 3.21. The molecule has 0 radical (unpaired) electrons. The SMILES string of the molecule is CC(C(=O)NN)C(C)N1CCC(=O)CC1. The molecule has 1 saturated heterocycles. The van der Waals surface area contributed by atoms with Gasteiger partial charge >= 0.3 is 0 Å². The molecule has 5 nitrogen and oxygen atoms in total. The van der Waals surface area contributed by atoms with Crippen LogP contribution in [0.1, 0.15) is 26.7 Å². The van der Waals surface area contributed by atoms with E-state index in [0.717, 1.165) is 13.1 Å². The topological polar surface area (TPSA) is 75.4 Å². The Labute approximate surface area is 90.0 Å². The van der Waals surface area contributed by atoms with Crippen molar-refractivity contribution >= 4 is 11.7 Å². The first-order chi connectivity index (χ1) is 7.06. The first-order valence-corrected chi connectivity index (χ1v) is 5.32. The molecule has 1 aliphatic heterocycles. The summed E-state index contributed by atoms with van der Waals surface area (Å²) in [6.45, 7) is 5.35. The molecule has 1 fully saturated rings. The molecule has 0 aromatic rings. The third-order valence-electron chi connectivity index (χ3n) is 3.21. The standard InChI is InChI=1S/C10H19N3O2/c1-7(10(15)12-11)8(2)13-5-3-9(14)4-6-13/h7-8H,3-6,11H2,1-2H3,(H,12,15). The molecular weight excluding hydrogens is 194 g/mol. The van der Waals surface area contributed by atoms with Crippen molar-refractivity contribution in [3.8, 4) is 0 Å². The fourth-order valence-electron chi connectivity index (χ4n) is 1.85. The lowest BCUT2D eigenvalue weighted by molar-refractivity contribution is -0.127. The average Bonchev–Trinajstić information content (AvgIpc) is 2.27. The number of likely N-dealkylation sites (tertiary alicyclic amines) is 1. The van der Waals surface area contributed by atoms with Gasteiger partial charge in [-0.25, -0.2) is 5.84 Å². The maximum absolute atomic E-state index is 11.3. The van der Waals surface area contributed by atoms with Crippen LogP contribution in [-0.4, -0.2) is 35.7 Å². The summed E-state index contributed by atoms with van der Waals surface area (Å²) in [7, 11) is 0. The average molecular weight is 213 g/mol. The highest BCUT2D eigenvalue weighted by atomic mass is 16.2. The van der Waals surface area contributed by atoms with Crippen LogP contribution in [0.15, 0.2) is 0 Å². The minimum Gasteiger partial charge on any atom is -0.300 e. The Bertz CT molecular complexity index is 245. The Hall–Kier alpha value is -0.940. The number of hydrazine groups is 1. The van der Waals surface area contributed by atoms with Crippen molar-refractivity contribution < 1.29 is 9.59 Å². The van der Waals surface area contributed by atoms with Crippen molar-refractivity contribution in [2.75, 3.05) is 13.1 Å². The van der Waals surface area contributed by atoms with Gasteiger partial charge in [0, 0.05) is 32.0 Å². The largest absolute Gasteiger partial charge is 0.300 e. The molecule has 2 atom stereocenters. The molecule has 86 valence electrons. The summed E-state index contributed by atoms with van der Waals surface area (Å²) in [5.41, 5.74) is 2.16. The summed E-state index contributed by atoms with van der Waals surface area (Å²) in [4.78, 5) is 24.6. The summed E-state index contributed by atoms with van der Waals surface area (Å²) in [6.07, 6.45) is 1.20. The molecule has 3 N–H and O–H groups in total. The van der Waals surface area contributed by atoms with Gasteiger partial charge in [0.15, 0.2) is 0 Å². The van der Waals surface area contributed by atoms with Gasteiger partial charge in [-0.2, -0.15) is 0 Å². The Balaban J connectivity index is 2.49. The van der Waals surface area contributed by atoms with E-state index in [1.54, 1.807) is 0 Å². The summed E-state index contributed by atoms with van der Waals surface area (Å²) < 4.78 is 0. The normalized spacial score (nSPS) is 22.2. The fraction of sp³-hybridized carbons (Fsp3) is 0.800. The van der Waals surface area contributed by atoms with Crippen LogP contribution in [0.5, 0.6) is 0 Å². The molecule has 2 unspecified atom stereocenters. The summed E-state index contributed by atoms with van der Waals surface area (Å²) in [5.74, 6) is 5.10. The van der Waals surface area contributed by atoms with Gasteiger partial charge in [-0.05, 0) is 6.92 Å². The molecule has 0 bridgehead atoms. The number of carbonyl (C=O) groups is 2. The van der Waals surface area contributed by atoms with E-state index in [4.69, 9.17) is 5.84 Å². The van der Waals surface area contributed by atoms with E-state index in [2.05, 4.69) is 10.3 Å². The monoisotopic (exact) mass is 213 g/mol. The van der Waals surface area contributed by atoms with E-state index in [-0.39, 0.29) is 17.9 Å². The zero-order chi connectivity index (χ0) is 11.4. The number of rotatable bonds is 3. The molecule has 1 rings (SSSR count). The molecule has 15 heavy (non-hydrogen) atoms. The number of hydrogen-bond donors (Lipinski definition) is 2. The van der Waals surface area contributed by atoms with Crippen LogP contribution in [0.25, 0.3) is 0 Å². The van der Waals surface area contributed by atoms with Gasteiger partial charge in [-0.15, -0.1) is 0 Å². The number of Topliss-reactive ketones (excluding diaryl/α,β-unsaturated/α-hetero) is 1. The Morgan fingerprint density at radius 1 is 1.40 bits per heavy atom. The highest BCUT2D eigenvalue weighted by molar-refractivity contribution is 5.80. The van der Waals surface area contributed by atoms with Crippen molar-refractivity contribution in [1.82, 2.24) is 10.3 Å². The van der Waals surface area contributed by atoms with Crippen molar-refractivity contribution in [3.63, 3.8) is 0 Å². The van der Waals surface area contributed by atoms with E-state index in [0.29, 0.717) is 18.6 Å². The zero-order valence-electron chi connectivity index (χ0n) is 9.32. The smallest absolute Gasteiger partial charge is 0.238 e. The molecular formula is C10H19N3O2. The second kappa shape index (κ2) is 5.23. The van der Waals surface area contributed by atoms with Crippen LogP contribution in [-0.2, 0) is 9.59 Å². The summed E-state index contributed by atoms with van der Waals surface area (Å²) in [6, 6.07) is 0.127. The quantitative estimate of drug-likeness (QED) is 0.382. The van der Waals surface area contributed by atoms with Gasteiger partial charge in [0.2, 0.25) is 5.91 Å². The maximum Gasteiger partial charge on any atom is 0.238 e. The van der Waals surface area contributed by atoms with Crippen LogP contribution in [0.4, 0.5) is 0 Å². The number of nitrogens with two attached hydrogens (primary N) is 1. The Kier molecular flexibility index (Phi) is 4.23. The van der Waals surface area contributed by atoms with E-state index < -0.39 is 0 Å². The second-order valence-electron chi connectivity index (χ2n) is 4.11. The fourth-order valence-corrected chi connectivity index (χ4v) is 1.85. The lowest BCUT2D eigenvalue weighted by atomic mass is 9.98. The predicted molar refractivity (Wildman–Crippen MR) is 56.8 cm³/mol. The lowest BCUT2D eigenvalue weighted by Crippen LogP contribution is -2.48. The summed E-state index contributed by atoms with van der Waals surface area (Å²) >= 11 is 0. The number of ketones is 1. The van der Waals surface area contributed by atoms with Gasteiger partial charge in [0.1, 0.15) is 5.78 Å². The third kappa shape index (κ3) is 3.00. The number of carbonyl (C=O) groups excluding carboxylic acids is 2. The van der Waals surface area contributed by atoms with E-state index >= 15 is 0 Å². The van der Waals surface area contributed by atoms with Gasteiger partial charge in [-0.3, -0.25) is 19.9 Å². The predicted octanol–water partition coefficient (Wildman–Crippen LogP) is -0.334. The number of amides is 1. The van der Waals surface area contributed by atoms with Crippen molar-refractivity contribution in [1.29, 1.82) is 0 Å². The van der Waals surface area contributed by atoms with E-state index in [1.807, 2.05) is 13.8 Å². The lowest BCUT2D eigenvalue weighted by Gasteiger charge is -2.34. The number of hydrogen-bond acceptors (Lipinski definition) is 4. The molecule has 0 aromatic heterocycles. The molecule has 1 heterocycles. The second-order valence-corrected chi connectivity index (χ2v) is 4.11. The molecule has 0 aliphatic carbocycles. The minimum atomic E-state index is -0.153. The first kappa shape index (κ1) is 12.1. The molecule has 0 spiro atoms. The van der Waals surface area contributed by atoms with Crippen molar-refractivity contribution in [3.05, 3.63) is 0 Å². The van der Waals surface area contributed by atoms with Crippen LogP contribution >= 0.6 is 0 Å². The Morgan fingerprint density at radius 2 is 1.93 bits per heavy atom. The molecule has 0 saturated carbocycles. The minimum absolute atomic E-state index is 0.127. The summed E-state index contributed by atoms with van der Waals surface area (Å²) in [5, 5.41) is 0. The van der Waals surface area contributed by atoms with Crippen LogP contribution < -0.4 is 11.3 Å². The maximum atomic E-state index is 11.3. The van der Waals surface area contributed by atoms with Gasteiger partial charge < -0.3 is 0 Å².